The van der Waals surface area contributed by atoms with E-state index in [1.165, 1.54) is 14.3 Å². The number of nitrogens with one attached hydrogen (secondary N) is 2. The molecule has 1 fully saturated rings. The van der Waals surface area contributed by atoms with Crippen LogP contribution in [-0.2, 0) is 29.6 Å². The lowest BCUT2D eigenvalue weighted by atomic mass is 9.98. The van der Waals surface area contributed by atoms with Crippen LogP contribution in [0.1, 0.15) is 29.4 Å². The number of alkyl halides is 1. The first kappa shape index (κ1) is 27.4. The molecule has 0 saturated carbocycles. The van der Waals surface area contributed by atoms with Gasteiger partial charge in [0.2, 0.25) is 11.8 Å². The molecule has 4 unspecified atom stereocenters. The van der Waals surface area contributed by atoms with Crippen molar-refractivity contribution in [3.63, 3.8) is 0 Å². The molecular weight excluding hydrogens is 547 g/mol. The fourth-order valence-corrected chi connectivity index (χ4v) is 5.65. The summed E-state index contributed by atoms with van der Waals surface area (Å²) in [6.07, 6.45) is 0.742. The molecule has 4 atom stereocenters. The first-order chi connectivity index (χ1) is 20.1. The largest absolute Gasteiger partial charge is 0.376 e. The van der Waals surface area contributed by atoms with Crippen LogP contribution in [0.5, 0.6) is 0 Å². The highest BCUT2D eigenvalue weighted by Crippen LogP contribution is 2.32. The minimum absolute atomic E-state index is 0.0152. The number of aliphatic hydroxyl groups excluding tert-OH is 1. The van der Waals surface area contributed by atoms with Crippen LogP contribution in [0.25, 0.3) is 22.0 Å². The molecule has 218 valence electrons. The number of carbonyl (C=O) groups is 3. The smallest absolute Gasteiger partial charge is 0.269 e. The molecule has 0 aliphatic carbocycles. The Hall–Kier alpha value is -4.76. The number of nitrogens with two attached hydrogens (primary N) is 1. The van der Waals surface area contributed by atoms with Gasteiger partial charge in [-0.1, -0.05) is 13.0 Å². The van der Waals surface area contributed by atoms with Crippen molar-refractivity contribution in [2.45, 2.75) is 44.8 Å². The van der Waals surface area contributed by atoms with Crippen LogP contribution in [0, 0.1) is 5.92 Å². The minimum atomic E-state index is -1.35. The minimum Gasteiger partial charge on any atom is -0.376 e. The van der Waals surface area contributed by atoms with Gasteiger partial charge in [-0.25, -0.2) is 4.39 Å². The van der Waals surface area contributed by atoms with E-state index in [4.69, 9.17) is 5.73 Å². The molecule has 3 aromatic heterocycles. The van der Waals surface area contributed by atoms with Gasteiger partial charge in [0, 0.05) is 42.4 Å². The van der Waals surface area contributed by atoms with Gasteiger partial charge in [0.1, 0.15) is 18.2 Å². The summed E-state index contributed by atoms with van der Waals surface area (Å²) >= 11 is 0. The number of benzene rings is 1. The maximum Gasteiger partial charge on any atom is 0.269 e. The van der Waals surface area contributed by atoms with Crippen LogP contribution in [0.3, 0.4) is 0 Å². The molecule has 5 N–H and O–H groups in total. The fourth-order valence-electron chi connectivity index (χ4n) is 5.65. The van der Waals surface area contributed by atoms with Crippen molar-refractivity contribution >= 4 is 40.3 Å². The fraction of sp³-hybridized carbons (Fsp3) is 0.370. The summed E-state index contributed by atoms with van der Waals surface area (Å²) in [7, 11) is 1.65. The number of nitrogens with zero attached hydrogens (tertiary/aromatic N) is 7. The second-order valence-electron chi connectivity index (χ2n) is 10.7. The highest BCUT2D eigenvalue weighted by molar-refractivity contribution is 6.05. The van der Waals surface area contributed by atoms with Gasteiger partial charge < -0.3 is 21.5 Å². The predicted octanol–water partition coefficient (Wildman–Crippen LogP) is 0.826. The zero-order chi connectivity index (χ0) is 29.7. The Morgan fingerprint density at radius 3 is 2.79 bits per heavy atom. The number of hydrogen-bond acceptors (Lipinski definition) is 9. The number of likely N-dealkylation sites (tertiary alicyclic amines) is 1. The maximum atomic E-state index is 14.7. The first-order valence-electron chi connectivity index (χ1n) is 13.4. The van der Waals surface area contributed by atoms with E-state index in [0.717, 1.165) is 11.1 Å². The van der Waals surface area contributed by atoms with Gasteiger partial charge in [-0.15, -0.1) is 0 Å². The molecule has 1 aromatic carbocycles. The Morgan fingerprint density at radius 2 is 2.05 bits per heavy atom. The average molecular weight is 577 g/mol. The van der Waals surface area contributed by atoms with Crippen LogP contribution in [-0.4, -0.2) is 82.5 Å². The second kappa shape index (κ2) is 10.6. The van der Waals surface area contributed by atoms with Gasteiger partial charge >= 0.3 is 0 Å². The van der Waals surface area contributed by atoms with E-state index in [0.29, 0.717) is 28.7 Å². The number of aliphatic hydroxyl groups is 1. The van der Waals surface area contributed by atoms with E-state index in [2.05, 4.69) is 31.0 Å². The predicted molar refractivity (Wildman–Crippen MR) is 149 cm³/mol. The maximum absolute atomic E-state index is 14.7. The highest BCUT2D eigenvalue weighted by atomic mass is 19.1. The molecule has 1 saturated heterocycles. The molecule has 0 spiro atoms. The molecule has 6 rings (SSSR count). The van der Waals surface area contributed by atoms with Crippen molar-refractivity contribution in [3.05, 3.63) is 47.9 Å². The number of carbonyl (C=O) groups excluding carboxylic acids is 3. The summed E-state index contributed by atoms with van der Waals surface area (Å²) in [5, 5.41) is 33.6. The van der Waals surface area contributed by atoms with Crippen molar-refractivity contribution in [1.29, 1.82) is 0 Å². The number of halogens is 1. The molecule has 3 amide bonds. The van der Waals surface area contributed by atoms with Crippen LogP contribution in [0.4, 0.5) is 16.0 Å². The first-order valence-corrected chi connectivity index (χ1v) is 13.4. The summed E-state index contributed by atoms with van der Waals surface area (Å²) in [5.74, 6) is -0.929. The Kier molecular flexibility index (Phi) is 6.90. The molecule has 14 nitrogen and oxygen atoms in total. The molecule has 2 aliphatic rings. The molecule has 15 heteroatoms. The number of aryl methyl sites for hydroxylation is 1. The molecule has 5 heterocycles. The number of aromatic nitrogens is 6. The molecule has 4 aromatic rings. The van der Waals surface area contributed by atoms with E-state index in [1.807, 2.05) is 6.07 Å². The number of anilines is 2. The van der Waals surface area contributed by atoms with E-state index in [9.17, 15) is 23.9 Å². The van der Waals surface area contributed by atoms with Crippen molar-refractivity contribution in [1.82, 2.24) is 34.7 Å². The van der Waals surface area contributed by atoms with Gasteiger partial charge in [-0.3, -0.25) is 28.6 Å². The van der Waals surface area contributed by atoms with Crippen molar-refractivity contribution in [2.24, 2.45) is 18.7 Å². The Balaban J connectivity index is 1.24. The van der Waals surface area contributed by atoms with Crippen molar-refractivity contribution in [2.75, 3.05) is 17.2 Å². The Labute approximate surface area is 238 Å². The highest BCUT2D eigenvalue weighted by Gasteiger charge is 2.41. The second-order valence-corrected chi connectivity index (χ2v) is 10.7. The zero-order valence-electron chi connectivity index (χ0n) is 22.9. The lowest BCUT2D eigenvalue weighted by Crippen LogP contribution is -2.47. The monoisotopic (exact) mass is 576 g/mol. The number of amides is 3. The average Bonchev–Trinajstić information content (AvgIpc) is 3.63. The zero-order valence-corrected chi connectivity index (χ0v) is 22.9. The summed E-state index contributed by atoms with van der Waals surface area (Å²) in [6, 6.07) is 6.09. The summed E-state index contributed by atoms with van der Waals surface area (Å²) in [6.45, 7) is 1.45. The van der Waals surface area contributed by atoms with Crippen molar-refractivity contribution < 1.29 is 23.9 Å². The third-order valence-electron chi connectivity index (χ3n) is 7.80. The number of rotatable bonds is 7. The van der Waals surface area contributed by atoms with E-state index in [-0.39, 0.29) is 42.8 Å². The van der Waals surface area contributed by atoms with E-state index in [1.54, 1.807) is 44.6 Å². The lowest BCUT2D eigenvalue weighted by molar-refractivity contribution is -0.124. The number of hydrogen-bond donors (Lipinski definition) is 4. The molecule has 2 aliphatic heterocycles. The van der Waals surface area contributed by atoms with Gasteiger partial charge in [0.15, 0.2) is 11.5 Å². The Morgan fingerprint density at radius 1 is 1.24 bits per heavy atom. The SMILES string of the molecule is CC1Cc2c(NC(=O)C3CC(F)CN3C(O)Cn3nc(C(N)=O)c4cc(-c5ccnnc5)ccc43)nn(C)c2NC1=O. The third kappa shape index (κ3) is 4.86. The normalized spacial score (nSPS) is 21.2. The lowest BCUT2D eigenvalue weighted by Gasteiger charge is -2.28. The van der Waals surface area contributed by atoms with E-state index >= 15 is 0 Å². The summed E-state index contributed by atoms with van der Waals surface area (Å²) < 4.78 is 17.6. The quantitative estimate of drug-likeness (QED) is 0.247. The molecule has 42 heavy (non-hydrogen) atoms. The van der Waals surface area contributed by atoms with Gasteiger partial charge in [0.05, 0.1) is 30.5 Å². The summed E-state index contributed by atoms with van der Waals surface area (Å²) in [4.78, 5) is 39.1. The Bertz CT molecular complexity index is 1700. The third-order valence-corrected chi connectivity index (χ3v) is 7.80. The molecular formula is C27H29FN10O4. The number of fused-ring (bicyclic) bond motifs is 2. The van der Waals surface area contributed by atoms with Crippen LogP contribution in [0.15, 0.2) is 36.7 Å². The van der Waals surface area contributed by atoms with Gasteiger partial charge in [-0.05, 0) is 30.2 Å². The summed E-state index contributed by atoms with van der Waals surface area (Å²) in [5.41, 5.74) is 8.38. The van der Waals surface area contributed by atoms with Gasteiger partial charge in [0.25, 0.3) is 5.91 Å². The van der Waals surface area contributed by atoms with Crippen LogP contribution in [0.2, 0.25) is 0 Å². The standard InChI is InChI=1S/C27H29FN10O4/c1-13-7-18-24(35-36(2)25(18)33-26(13)41)32-27(42)20-9-16(28)11-37(20)21(39)12-38-19-4-3-14(15-5-6-30-31-10-15)8-17(19)22(34-38)23(29)40/h3-6,8,10,13,16,20-21,39H,7,9,11-12H2,1-2H3,(H2,29,40)(H,33,41)(H,32,35,42). The molecule has 0 bridgehead atoms. The number of primary amides is 1. The topological polar surface area (TPSA) is 186 Å². The van der Waals surface area contributed by atoms with Crippen LogP contribution < -0.4 is 16.4 Å². The van der Waals surface area contributed by atoms with Gasteiger partial charge in [-0.2, -0.15) is 20.4 Å². The molecule has 0 radical (unpaired) electrons. The van der Waals surface area contributed by atoms with Crippen LogP contribution >= 0.6 is 0 Å². The van der Waals surface area contributed by atoms with Crippen molar-refractivity contribution in [3.8, 4) is 11.1 Å². The van der Waals surface area contributed by atoms with E-state index < -0.39 is 30.3 Å².